The summed E-state index contributed by atoms with van der Waals surface area (Å²) in [6, 6.07) is 9.25. The van der Waals surface area contributed by atoms with Crippen LogP contribution in [0.4, 0.5) is 5.82 Å². The van der Waals surface area contributed by atoms with Crippen molar-refractivity contribution < 1.29 is 9.53 Å². The summed E-state index contributed by atoms with van der Waals surface area (Å²) in [7, 11) is 0. The standard InChI is InChI=1S/C27H39N5O2/c1-20-24(26(33)32-13-5-12-31(14-15-32)23-10-16-34-17-11-23)29-19-30-25(20)28-18-21-6-8-22(9-7-21)27(2,3)4/h6-9,19,23H,5,10-18H2,1-4H3,(H,28,29,30). The maximum atomic E-state index is 13.4. The molecular weight excluding hydrogens is 426 g/mol. The van der Waals surface area contributed by atoms with E-state index >= 15 is 0 Å². The number of carbonyl (C=O) groups is 1. The molecule has 0 atom stereocenters. The third-order valence-electron chi connectivity index (χ3n) is 7.09. The smallest absolute Gasteiger partial charge is 0.272 e. The number of nitrogens with one attached hydrogen (secondary N) is 1. The monoisotopic (exact) mass is 465 g/mol. The number of hydrogen-bond donors (Lipinski definition) is 1. The van der Waals surface area contributed by atoms with E-state index in [9.17, 15) is 4.79 Å². The Morgan fingerprint density at radius 1 is 1.06 bits per heavy atom. The fourth-order valence-corrected chi connectivity index (χ4v) is 4.86. The summed E-state index contributed by atoms with van der Waals surface area (Å²) < 4.78 is 5.52. The fraction of sp³-hybridized carbons (Fsp3) is 0.593. The molecule has 0 bridgehead atoms. The molecule has 2 saturated heterocycles. The van der Waals surface area contributed by atoms with E-state index in [-0.39, 0.29) is 11.3 Å². The van der Waals surface area contributed by atoms with Crippen molar-refractivity contribution in [2.75, 3.05) is 44.7 Å². The summed E-state index contributed by atoms with van der Waals surface area (Å²) in [5.41, 5.74) is 3.94. The van der Waals surface area contributed by atoms with Crippen molar-refractivity contribution in [3.63, 3.8) is 0 Å². The molecule has 0 unspecified atom stereocenters. The van der Waals surface area contributed by atoms with Gasteiger partial charge in [-0.2, -0.15) is 0 Å². The fourth-order valence-electron chi connectivity index (χ4n) is 4.86. The SMILES string of the molecule is Cc1c(NCc2ccc(C(C)(C)C)cc2)ncnc1C(=O)N1CCCN(C2CCOCC2)CC1. The van der Waals surface area contributed by atoms with E-state index < -0.39 is 0 Å². The Labute approximate surface area is 203 Å². The zero-order valence-electron chi connectivity index (χ0n) is 21.1. The molecule has 0 saturated carbocycles. The summed E-state index contributed by atoms with van der Waals surface area (Å²) in [6.45, 7) is 14.4. The molecular formula is C27H39N5O2. The van der Waals surface area contributed by atoms with Gasteiger partial charge in [0.25, 0.3) is 5.91 Å². The number of benzene rings is 1. The first-order valence-corrected chi connectivity index (χ1v) is 12.6. The van der Waals surface area contributed by atoms with E-state index in [2.05, 4.69) is 65.2 Å². The van der Waals surface area contributed by atoms with Gasteiger partial charge in [-0.3, -0.25) is 9.69 Å². The van der Waals surface area contributed by atoms with Gasteiger partial charge in [-0.1, -0.05) is 45.0 Å². The Kier molecular flexibility index (Phi) is 7.84. The number of anilines is 1. The van der Waals surface area contributed by atoms with Crippen LogP contribution >= 0.6 is 0 Å². The lowest BCUT2D eigenvalue weighted by atomic mass is 9.87. The molecule has 3 heterocycles. The average Bonchev–Trinajstić information content (AvgIpc) is 3.10. The van der Waals surface area contributed by atoms with E-state index in [0.29, 0.717) is 18.3 Å². The molecule has 184 valence electrons. The van der Waals surface area contributed by atoms with Gasteiger partial charge in [0.1, 0.15) is 17.8 Å². The number of hydrogen-bond acceptors (Lipinski definition) is 6. The van der Waals surface area contributed by atoms with E-state index in [1.807, 2.05) is 11.8 Å². The predicted molar refractivity (Wildman–Crippen MR) is 135 cm³/mol. The predicted octanol–water partition coefficient (Wildman–Crippen LogP) is 4.02. The third kappa shape index (κ3) is 5.94. The molecule has 0 radical (unpaired) electrons. The molecule has 0 aliphatic carbocycles. The Balaban J connectivity index is 1.38. The molecule has 34 heavy (non-hydrogen) atoms. The minimum atomic E-state index is 0.00584. The maximum absolute atomic E-state index is 13.4. The zero-order chi connectivity index (χ0) is 24.1. The lowest BCUT2D eigenvalue weighted by Crippen LogP contribution is -2.42. The number of nitrogens with zero attached hydrogens (tertiary/aromatic N) is 4. The summed E-state index contributed by atoms with van der Waals surface area (Å²) in [5.74, 6) is 0.725. The van der Waals surface area contributed by atoms with Gasteiger partial charge in [0.2, 0.25) is 0 Å². The van der Waals surface area contributed by atoms with Crippen LogP contribution in [0.3, 0.4) is 0 Å². The molecule has 0 spiro atoms. The van der Waals surface area contributed by atoms with Crippen molar-refractivity contribution in [1.29, 1.82) is 0 Å². The maximum Gasteiger partial charge on any atom is 0.272 e. The first kappa shape index (κ1) is 24.6. The molecule has 2 aromatic rings. The number of carbonyl (C=O) groups excluding carboxylic acids is 1. The second-order valence-electron chi connectivity index (χ2n) is 10.5. The number of aromatic nitrogens is 2. The topological polar surface area (TPSA) is 70.6 Å². The number of ether oxygens (including phenoxy) is 1. The van der Waals surface area contributed by atoms with Gasteiger partial charge in [-0.25, -0.2) is 9.97 Å². The highest BCUT2D eigenvalue weighted by molar-refractivity contribution is 5.94. The van der Waals surface area contributed by atoms with Crippen molar-refractivity contribution in [1.82, 2.24) is 19.8 Å². The molecule has 7 nitrogen and oxygen atoms in total. The summed E-state index contributed by atoms with van der Waals surface area (Å²) in [4.78, 5) is 26.7. The third-order valence-corrected chi connectivity index (χ3v) is 7.09. The molecule has 1 aromatic heterocycles. The minimum Gasteiger partial charge on any atom is -0.381 e. The van der Waals surface area contributed by atoms with Gasteiger partial charge in [-0.05, 0) is 42.7 Å². The van der Waals surface area contributed by atoms with Crippen LogP contribution in [0.15, 0.2) is 30.6 Å². The van der Waals surface area contributed by atoms with Crippen LogP contribution in [0.2, 0.25) is 0 Å². The molecule has 2 fully saturated rings. The van der Waals surface area contributed by atoms with Crippen LogP contribution in [0.5, 0.6) is 0 Å². The van der Waals surface area contributed by atoms with Crippen LogP contribution in [-0.2, 0) is 16.7 Å². The number of amides is 1. The van der Waals surface area contributed by atoms with Crippen LogP contribution in [0.1, 0.15) is 67.2 Å². The molecule has 1 amide bonds. The normalized spacial score (nSPS) is 18.5. The highest BCUT2D eigenvalue weighted by atomic mass is 16.5. The largest absolute Gasteiger partial charge is 0.381 e. The first-order valence-electron chi connectivity index (χ1n) is 12.6. The second kappa shape index (κ2) is 10.8. The van der Waals surface area contributed by atoms with E-state index in [0.717, 1.165) is 70.0 Å². The van der Waals surface area contributed by atoms with Crippen LogP contribution in [0, 0.1) is 6.92 Å². The van der Waals surface area contributed by atoms with Gasteiger partial charge in [0.05, 0.1) is 0 Å². The molecule has 2 aliphatic heterocycles. The zero-order valence-corrected chi connectivity index (χ0v) is 21.1. The molecule has 1 aromatic carbocycles. The molecule has 7 heteroatoms. The van der Waals surface area contributed by atoms with Crippen molar-refractivity contribution >= 4 is 11.7 Å². The Morgan fingerprint density at radius 2 is 1.79 bits per heavy atom. The summed E-state index contributed by atoms with van der Waals surface area (Å²) >= 11 is 0. The highest BCUT2D eigenvalue weighted by Crippen LogP contribution is 2.23. The van der Waals surface area contributed by atoms with E-state index in [1.54, 1.807) is 0 Å². The van der Waals surface area contributed by atoms with Gasteiger partial charge >= 0.3 is 0 Å². The lowest BCUT2D eigenvalue weighted by Gasteiger charge is -2.33. The van der Waals surface area contributed by atoms with Crippen LogP contribution in [0.25, 0.3) is 0 Å². The minimum absolute atomic E-state index is 0.00584. The van der Waals surface area contributed by atoms with E-state index in [4.69, 9.17) is 4.74 Å². The second-order valence-corrected chi connectivity index (χ2v) is 10.5. The summed E-state index contributed by atoms with van der Waals surface area (Å²) in [6.07, 6.45) is 4.67. The van der Waals surface area contributed by atoms with Crippen LogP contribution < -0.4 is 5.32 Å². The lowest BCUT2D eigenvalue weighted by molar-refractivity contribution is 0.0351. The quantitative estimate of drug-likeness (QED) is 0.719. The van der Waals surface area contributed by atoms with Crippen molar-refractivity contribution in [3.05, 3.63) is 53.0 Å². The highest BCUT2D eigenvalue weighted by Gasteiger charge is 2.27. The van der Waals surface area contributed by atoms with Crippen molar-refractivity contribution in [3.8, 4) is 0 Å². The summed E-state index contributed by atoms with van der Waals surface area (Å²) in [5, 5.41) is 3.41. The Morgan fingerprint density at radius 3 is 2.50 bits per heavy atom. The van der Waals surface area contributed by atoms with Crippen molar-refractivity contribution in [2.24, 2.45) is 0 Å². The number of rotatable bonds is 5. The average molecular weight is 466 g/mol. The van der Waals surface area contributed by atoms with Gasteiger partial charge in [0.15, 0.2) is 0 Å². The van der Waals surface area contributed by atoms with Gasteiger partial charge in [-0.15, -0.1) is 0 Å². The molecule has 4 rings (SSSR count). The molecule has 1 N–H and O–H groups in total. The first-order chi connectivity index (χ1) is 16.3. The Hall–Kier alpha value is -2.51. The van der Waals surface area contributed by atoms with Gasteiger partial charge in [0, 0.05) is 57.5 Å². The van der Waals surface area contributed by atoms with Crippen molar-refractivity contribution in [2.45, 2.75) is 65.0 Å². The molecule has 2 aliphatic rings. The van der Waals surface area contributed by atoms with E-state index in [1.165, 1.54) is 17.5 Å². The van der Waals surface area contributed by atoms with Crippen LogP contribution in [-0.4, -0.2) is 71.1 Å². The Bertz CT molecular complexity index is 964. The van der Waals surface area contributed by atoms with Gasteiger partial charge < -0.3 is 15.0 Å².